The summed E-state index contributed by atoms with van der Waals surface area (Å²) >= 11 is 0. The van der Waals surface area contributed by atoms with Gasteiger partial charge >= 0.3 is 0 Å². The maximum atomic E-state index is 13.0. The van der Waals surface area contributed by atoms with Crippen molar-refractivity contribution in [2.24, 2.45) is 0 Å². The molecule has 2 aromatic rings. The van der Waals surface area contributed by atoms with Crippen molar-refractivity contribution >= 4 is 17.3 Å². The number of nitrogens with one attached hydrogen (secondary N) is 2. The molecular weight excluding hydrogens is 274 g/mol. The van der Waals surface area contributed by atoms with Crippen LogP contribution < -0.4 is 10.6 Å². The van der Waals surface area contributed by atoms with Crippen LogP contribution in [0.4, 0.5) is 20.2 Å². The molecule has 0 saturated heterocycles. The van der Waals surface area contributed by atoms with Gasteiger partial charge in [-0.05, 0) is 36.2 Å². The van der Waals surface area contributed by atoms with Crippen LogP contribution in [0.5, 0.6) is 0 Å². The van der Waals surface area contributed by atoms with Crippen LogP contribution in [-0.2, 0) is 11.2 Å². The summed E-state index contributed by atoms with van der Waals surface area (Å²) in [5.74, 6) is -2.12. The molecule has 0 spiro atoms. The van der Waals surface area contributed by atoms with Crippen molar-refractivity contribution in [3.63, 3.8) is 0 Å². The highest BCUT2D eigenvalue weighted by atomic mass is 19.2. The second kappa shape index (κ2) is 6.83. The smallest absolute Gasteiger partial charge is 0.243 e. The molecule has 0 bridgehead atoms. The lowest BCUT2D eigenvalue weighted by molar-refractivity contribution is -0.114. The molecule has 0 aromatic heterocycles. The van der Waals surface area contributed by atoms with E-state index in [1.807, 2.05) is 24.3 Å². The second-order valence-electron chi connectivity index (χ2n) is 4.58. The van der Waals surface area contributed by atoms with E-state index in [9.17, 15) is 13.6 Å². The number of aryl methyl sites for hydroxylation is 1. The van der Waals surface area contributed by atoms with E-state index in [-0.39, 0.29) is 12.5 Å². The Balaban J connectivity index is 1.87. The van der Waals surface area contributed by atoms with Gasteiger partial charge in [0, 0.05) is 17.4 Å². The summed E-state index contributed by atoms with van der Waals surface area (Å²) in [5.41, 5.74) is 2.24. The van der Waals surface area contributed by atoms with Crippen molar-refractivity contribution in [2.45, 2.75) is 13.3 Å². The fourth-order valence-corrected chi connectivity index (χ4v) is 1.82. The van der Waals surface area contributed by atoms with Crippen molar-refractivity contribution in [2.75, 3.05) is 17.2 Å². The molecule has 21 heavy (non-hydrogen) atoms. The molecule has 0 aliphatic carbocycles. The number of benzene rings is 2. The molecule has 0 atom stereocenters. The maximum absolute atomic E-state index is 13.0. The van der Waals surface area contributed by atoms with Gasteiger partial charge in [-0.2, -0.15) is 0 Å². The van der Waals surface area contributed by atoms with E-state index in [1.54, 1.807) is 0 Å². The zero-order chi connectivity index (χ0) is 15.2. The molecule has 2 rings (SSSR count). The van der Waals surface area contributed by atoms with Crippen LogP contribution in [0.15, 0.2) is 42.5 Å². The van der Waals surface area contributed by atoms with E-state index in [2.05, 4.69) is 17.6 Å². The van der Waals surface area contributed by atoms with Gasteiger partial charge in [0.1, 0.15) is 0 Å². The van der Waals surface area contributed by atoms with Gasteiger partial charge in [-0.25, -0.2) is 8.78 Å². The summed E-state index contributed by atoms with van der Waals surface area (Å²) in [6, 6.07) is 10.9. The fourth-order valence-electron chi connectivity index (χ4n) is 1.82. The predicted molar refractivity (Wildman–Crippen MR) is 79.3 cm³/mol. The Bertz CT molecular complexity index is 627. The SMILES string of the molecule is CCc1ccc(NC(=O)CNc2ccc(F)c(F)c2)cc1. The molecule has 3 nitrogen and oxygen atoms in total. The topological polar surface area (TPSA) is 41.1 Å². The van der Waals surface area contributed by atoms with Crippen LogP contribution in [0.25, 0.3) is 0 Å². The van der Waals surface area contributed by atoms with Gasteiger partial charge in [-0.1, -0.05) is 19.1 Å². The third kappa shape index (κ3) is 4.27. The van der Waals surface area contributed by atoms with Gasteiger partial charge < -0.3 is 10.6 Å². The van der Waals surface area contributed by atoms with Crippen LogP contribution in [0.3, 0.4) is 0 Å². The largest absolute Gasteiger partial charge is 0.376 e. The zero-order valence-corrected chi connectivity index (χ0v) is 11.6. The van der Waals surface area contributed by atoms with E-state index >= 15 is 0 Å². The molecule has 0 saturated carbocycles. The Labute approximate surface area is 122 Å². The van der Waals surface area contributed by atoms with E-state index in [0.29, 0.717) is 11.4 Å². The average molecular weight is 290 g/mol. The summed E-state index contributed by atoms with van der Waals surface area (Å²) in [7, 11) is 0. The van der Waals surface area contributed by atoms with Gasteiger partial charge in [-0.15, -0.1) is 0 Å². The van der Waals surface area contributed by atoms with Crippen LogP contribution in [-0.4, -0.2) is 12.5 Å². The number of amides is 1. The molecule has 0 fully saturated rings. The number of carbonyl (C=O) groups is 1. The monoisotopic (exact) mass is 290 g/mol. The zero-order valence-electron chi connectivity index (χ0n) is 11.6. The molecular formula is C16H16F2N2O. The van der Waals surface area contributed by atoms with Crippen molar-refractivity contribution in [1.29, 1.82) is 0 Å². The number of hydrogen-bond acceptors (Lipinski definition) is 2. The molecule has 110 valence electrons. The third-order valence-electron chi connectivity index (χ3n) is 3.02. The van der Waals surface area contributed by atoms with Crippen molar-refractivity contribution in [1.82, 2.24) is 0 Å². The van der Waals surface area contributed by atoms with Gasteiger partial charge in [-0.3, -0.25) is 4.79 Å². The molecule has 2 aromatic carbocycles. The highest BCUT2D eigenvalue weighted by Crippen LogP contribution is 2.13. The predicted octanol–water partition coefficient (Wildman–Crippen LogP) is 3.58. The summed E-state index contributed by atoms with van der Waals surface area (Å²) < 4.78 is 25.8. The first-order valence-electron chi connectivity index (χ1n) is 6.66. The first-order valence-corrected chi connectivity index (χ1v) is 6.66. The van der Waals surface area contributed by atoms with Crippen LogP contribution in [0, 0.1) is 11.6 Å². The van der Waals surface area contributed by atoms with Crippen molar-refractivity contribution in [3.05, 3.63) is 59.7 Å². The number of rotatable bonds is 5. The molecule has 1 amide bonds. The molecule has 0 aliphatic heterocycles. The quantitative estimate of drug-likeness (QED) is 0.883. The van der Waals surface area contributed by atoms with E-state index in [1.165, 1.54) is 11.6 Å². The van der Waals surface area contributed by atoms with Crippen molar-refractivity contribution in [3.8, 4) is 0 Å². The Morgan fingerprint density at radius 3 is 2.29 bits per heavy atom. The van der Waals surface area contributed by atoms with Crippen LogP contribution in [0.1, 0.15) is 12.5 Å². The maximum Gasteiger partial charge on any atom is 0.243 e. The molecule has 0 aliphatic rings. The van der Waals surface area contributed by atoms with Gasteiger partial charge in [0.15, 0.2) is 11.6 Å². The Morgan fingerprint density at radius 2 is 1.67 bits per heavy atom. The molecule has 2 N–H and O–H groups in total. The van der Waals surface area contributed by atoms with Gasteiger partial charge in [0.25, 0.3) is 0 Å². The summed E-state index contributed by atoms with van der Waals surface area (Å²) in [6.07, 6.45) is 0.936. The fraction of sp³-hybridized carbons (Fsp3) is 0.188. The molecule has 0 heterocycles. The number of carbonyl (C=O) groups excluding carboxylic acids is 1. The lowest BCUT2D eigenvalue weighted by atomic mass is 10.1. The summed E-state index contributed by atoms with van der Waals surface area (Å²) in [5, 5.41) is 5.46. The van der Waals surface area contributed by atoms with Crippen LogP contribution in [0.2, 0.25) is 0 Å². The third-order valence-corrected chi connectivity index (χ3v) is 3.02. The Morgan fingerprint density at radius 1 is 1.00 bits per heavy atom. The minimum absolute atomic E-state index is 0.0272. The second-order valence-corrected chi connectivity index (χ2v) is 4.58. The van der Waals surface area contributed by atoms with E-state index in [4.69, 9.17) is 0 Å². The standard InChI is InChI=1S/C16H16F2N2O/c1-2-11-3-5-12(6-4-11)20-16(21)10-19-13-7-8-14(17)15(18)9-13/h3-9,19H,2,10H2,1H3,(H,20,21). The molecule has 5 heteroatoms. The number of anilines is 2. The Kier molecular flexibility index (Phi) is 4.87. The number of halogens is 2. The first-order chi connectivity index (χ1) is 10.1. The highest BCUT2D eigenvalue weighted by Gasteiger charge is 2.05. The average Bonchev–Trinajstić information content (AvgIpc) is 2.49. The minimum atomic E-state index is -0.949. The lowest BCUT2D eigenvalue weighted by Crippen LogP contribution is -2.21. The van der Waals surface area contributed by atoms with Crippen molar-refractivity contribution < 1.29 is 13.6 Å². The van der Waals surface area contributed by atoms with Crippen LogP contribution >= 0.6 is 0 Å². The Hall–Kier alpha value is -2.43. The molecule has 0 unspecified atom stereocenters. The first kappa shape index (κ1) is 15.0. The van der Waals surface area contributed by atoms with E-state index < -0.39 is 11.6 Å². The minimum Gasteiger partial charge on any atom is -0.376 e. The van der Waals surface area contributed by atoms with Gasteiger partial charge in [0.2, 0.25) is 5.91 Å². The normalized spacial score (nSPS) is 10.2. The summed E-state index contributed by atoms with van der Waals surface area (Å²) in [6.45, 7) is 2.03. The molecule has 0 radical (unpaired) electrons. The lowest BCUT2D eigenvalue weighted by Gasteiger charge is -2.08. The summed E-state index contributed by atoms with van der Waals surface area (Å²) in [4.78, 5) is 11.8. The van der Waals surface area contributed by atoms with E-state index in [0.717, 1.165) is 18.6 Å². The number of hydrogen-bond donors (Lipinski definition) is 2. The highest BCUT2D eigenvalue weighted by molar-refractivity contribution is 5.93. The van der Waals surface area contributed by atoms with Gasteiger partial charge in [0.05, 0.1) is 6.54 Å².